The number of hydrogen-bond donors (Lipinski definition) is 2. The van der Waals surface area contributed by atoms with Crippen molar-refractivity contribution in [2.24, 2.45) is 7.05 Å². The molecule has 0 aliphatic rings. The van der Waals surface area contributed by atoms with Gasteiger partial charge < -0.3 is 15.8 Å². The van der Waals surface area contributed by atoms with Gasteiger partial charge in [-0.25, -0.2) is 0 Å². The minimum absolute atomic E-state index is 0.131. The molecule has 0 aromatic carbocycles. The van der Waals surface area contributed by atoms with Crippen LogP contribution >= 0.6 is 0 Å². The Hall–Kier alpha value is -2.05. The van der Waals surface area contributed by atoms with Crippen LogP contribution in [0.5, 0.6) is 0 Å². The third kappa shape index (κ3) is 3.78. The number of anilines is 1. The molecule has 17 heavy (non-hydrogen) atoms. The maximum Gasteiger partial charge on any atom is 0.307 e. The van der Waals surface area contributed by atoms with Crippen LogP contribution in [0.2, 0.25) is 0 Å². The second-order valence-corrected chi connectivity index (χ2v) is 3.42. The highest BCUT2D eigenvalue weighted by Gasteiger charge is 2.13. The Kier molecular flexibility index (Phi) is 4.50. The van der Waals surface area contributed by atoms with E-state index in [9.17, 15) is 9.59 Å². The highest BCUT2D eigenvalue weighted by Crippen LogP contribution is 2.07. The molecule has 1 aromatic heterocycles. The van der Waals surface area contributed by atoms with E-state index >= 15 is 0 Å². The maximum absolute atomic E-state index is 11.6. The van der Waals surface area contributed by atoms with Crippen molar-refractivity contribution in [2.45, 2.75) is 13.3 Å². The van der Waals surface area contributed by atoms with Crippen LogP contribution in [-0.2, 0) is 16.6 Å². The second-order valence-electron chi connectivity index (χ2n) is 3.42. The van der Waals surface area contributed by atoms with Gasteiger partial charge in [-0.2, -0.15) is 5.10 Å². The Morgan fingerprint density at radius 2 is 2.29 bits per heavy atom. The quantitative estimate of drug-likeness (QED) is 0.687. The van der Waals surface area contributed by atoms with Crippen molar-refractivity contribution in [2.75, 3.05) is 18.9 Å². The van der Waals surface area contributed by atoms with Crippen LogP contribution in [0.3, 0.4) is 0 Å². The first-order valence-corrected chi connectivity index (χ1v) is 5.27. The number of esters is 1. The molecule has 1 aromatic rings. The van der Waals surface area contributed by atoms with Crippen LogP contribution in [0, 0.1) is 0 Å². The summed E-state index contributed by atoms with van der Waals surface area (Å²) in [4.78, 5) is 22.6. The molecule has 0 saturated heterocycles. The van der Waals surface area contributed by atoms with Crippen molar-refractivity contribution >= 4 is 17.6 Å². The van der Waals surface area contributed by atoms with E-state index in [4.69, 9.17) is 10.5 Å². The van der Waals surface area contributed by atoms with E-state index in [1.54, 1.807) is 20.2 Å². The predicted octanol–water partition coefficient (Wildman–Crippen LogP) is -0.315. The van der Waals surface area contributed by atoms with Crippen molar-refractivity contribution in [3.8, 4) is 0 Å². The van der Waals surface area contributed by atoms with Crippen LogP contribution in [0.1, 0.15) is 23.8 Å². The van der Waals surface area contributed by atoms with Gasteiger partial charge in [0.25, 0.3) is 5.91 Å². The molecule has 94 valence electrons. The van der Waals surface area contributed by atoms with Crippen LogP contribution in [0.25, 0.3) is 0 Å². The largest absolute Gasteiger partial charge is 0.466 e. The van der Waals surface area contributed by atoms with Crippen molar-refractivity contribution in [1.82, 2.24) is 15.1 Å². The van der Waals surface area contributed by atoms with Gasteiger partial charge in [-0.15, -0.1) is 0 Å². The number of nitrogen functional groups attached to an aromatic ring is 1. The van der Waals surface area contributed by atoms with E-state index in [2.05, 4.69) is 10.4 Å². The number of carbonyl (C=O) groups is 2. The molecule has 0 atom stereocenters. The number of amides is 1. The molecule has 0 radical (unpaired) electrons. The Balaban J connectivity index is 2.40. The fourth-order valence-electron chi connectivity index (χ4n) is 1.28. The van der Waals surface area contributed by atoms with Gasteiger partial charge in [0, 0.05) is 19.8 Å². The maximum atomic E-state index is 11.6. The van der Waals surface area contributed by atoms with Gasteiger partial charge in [-0.1, -0.05) is 0 Å². The van der Waals surface area contributed by atoms with Gasteiger partial charge in [0.2, 0.25) is 0 Å². The number of nitrogens with one attached hydrogen (secondary N) is 1. The average molecular weight is 240 g/mol. The number of aromatic nitrogens is 2. The molecule has 1 heterocycles. The van der Waals surface area contributed by atoms with Gasteiger partial charge in [0.1, 0.15) is 0 Å². The first kappa shape index (κ1) is 13.0. The van der Waals surface area contributed by atoms with Crippen molar-refractivity contribution < 1.29 is 14.3 Å². The summed E-state index contributed by atoms with van der Waals surface area (Å²) in [6, 6.07) is 0. The minimum atomic E-state index is -0.396. The molecule has 0 aliphatic carbocycles. The molecule has 1 rings (SSSR count). The normalized spacial score (nSPS) is 10.0. The molecule has 0 aliphatic heterocycles. The fraction of sp³-hybridized carbons (Fsp3) is 0.500. The van der Waals surface area contributed by atoms with Crippen LogP contribution in [0.4, 0.5) is 5.69 Å². The monoisotopic (exact) mass is 240 g/mol. The molecule has 0 saturated carbocycles. The minimum Gasteiger partial charge on any atom is -0.466 e. The molecule has 7 nitrogen and oxygen atoms in total. The van der Waals surface area contributed by atoms with Gasteiger partial charge in [-0.3, -0.25) is 14.3 Å². The molecule has 0 fully saturated rings. The molecular formula is C10H16N4O3. The van der Waals surface area contributed by atoms with Crippen molar-refractivity contribution in [3.05, 3.63) is 11.9 Å². The van der Waals surface area contributed by atoms with E-state index < -0.39 is 5.91 Å². The standard InChI is InChI=1S/C10H16N4O3/c1-3-17-8(15)4-5-12-10(16)9-7(11)6-14(2)13-9/h6H,3-5,11H2,1-2H3,(H,12,16). The predicted molar refractivity (Wildman–Crippen MR) is 61.2 cm³/mol. The van der Waals surface area contributed by atoms with E-state index in [0.717, 1.165) is 0 Å². The Bertz CT molecular complexity index is 414. The second kappa shape index (κ2) is 5.88. The smallest absolute Gasteiger partial charge is 0.307 e. The van der Waals surface area contributed by atoms with Gasteiger partial charge in [0.05, 0.1) is 18.7 Å². The molecular weight excluding hydrogens is 224 g/mol. The van der Waals surface area contributed by atoms with E-state index in [-0.39, 0.29) is 24.6 Å². The third-order valence-electron chi connectivity index (χ3n) is 1.99. The van der Waals surface area contributed by atoms with Crippen LogP contribution in [0.15, 0.2) is 6.20 Å². The number of ether oxygens (including phenoxy) is 1. The number of hydrogen-bond acceptors (Lipinski definition) is 5. The highest BCUT2D eigenvalue weighted by atomic mass is 16.5. The zero-order valence-electron chi connectivity index (χ0n) is 9.90. The van der Waals surface area contributed by atoms with Crippen molar-refractivity contribution in [1.29, 1.82) is 0 Å². The summed E-state index contributed by atoms with van der Waals surface area (Å²) in [5.41, 5.74) is 6.06. The molecule has 1 amide bonds. The lowest BCUT2D eigenvalue weighted by Crippen LogP contribution is -2.27. The fourth-order valence-corrected chi connectivity index (χ4v) is 1.28. The summed E-state index contributed by atoms with van der Waals surface area (Å²) in [6.45, 7) is 2.26. The van der Waals surface area contributed by atoms with Crippen LogP contribution in [-0.4, -0.2) is 34.8 Å². The summed E-state index contributed by atoms with van der Waals surface area (Å²) in [7, 11) is 1.67. The van der Waals surface area contributed by atoms with Gasteiger partial charge in [-0.05, 0) is 6.92 Å². The first-order chi connectivity index (χ1) is 8.04. The number of nitrogens with zero attached hydrogens (tertiary/aromatic N) is 2. The summed E-state index contributed by atoms with van der Waals surface area (Å²) >= 11 is 0. The Labute approximate surface area is 98.9 Å². The zero-order chi connectivity index (χ0) is 12.8. The lowest BCUT2D eigenvalue weighted by molar-refractivity contribution is -0.142. The summed E-state index contributed by atoms with van der Waals surface area (Å²) in [6.07, 6.45) is 1.67. The van der Waals surface area contributed by atoms with Gasteiger partial charge >= 0.3 is 5.97 Å². The topological polar surface area (TPSA) is 99.2 Å². The van der Waals surface area contributed by atoms with E-state index in [1.807, 2.05) is 0 Å². The Morgan fingerprint density at radius 3 is 2.82 bits per heavy atom. The van der Waals surface area contributed by atoms with Gasteiger partial charge in [0.15, 0.2) is 5.69 Å². The van der Waals surface area contributed by atoms with E-state index in [0.29, 0.717) is 12.3 Å². The molecule has 0 bridgehead atoms. The lowest BCUT2D eigenvalue weighted by atomic mass is 10.3. The third-order valence-corrected chi connectivity index (χ3v) is 1.99. The average Bonchev–Trinajstić information content (AvgIpc) is 2.58. The number of aryl methyl sites for hydroxylation is 1. The van der Waals surface area contributed by atoms with Crippen LogP contribution < -0.4 is 11.1 Å². The summed E-state index contributed by atoms with van der Waals surface area (Å²) in [5.74, 6) is -0.741. The lowest BCUT2D eigenvalue weighted by Gasteiger charge is -2.03. The van der Waals surface area contributed by atoms with E-state index in [1.165, 1.54) is 4.68 Å². The molecule has 0 spiro atoms. The molecule has 0 unspecified atom stereocenters. The number of nitrogens with two attached hydrogens (primary N) is 1. The van der Waals surface area contributed by atoms with Crippen molar-refractivity contribution in [3.63, 3.8) is 0 Å². The Morgan fingerprint density at radius 1 is 1.59 bits per heavy atom. The summed E-state index contributed by atoms with van der Waals surface area (Å²) in [5, 5.41) is 6.45. The SMILES string of the molecule is CCOC(=O)CCNC(=O)c1nn(C)cc1N. The first-order valence-electron chi connectivity index (χ1n) is 5.27. The molecule has 3 N–H and O–H groups in total. The number of rotatable bonds is 5. The molecule has 7 heteroatoms. The number of carbonyl (C=O) groups excluding carboxylic acids is 2. The highest BCUT2D eigenvalue weighted by molar-refractivity contribution is 5.97. The summed E-state index contributed by atoms with van der Waals surface area (Å²) < 4.78 is 6.18. The zero-order valence-corrected chi connectivity index (χ0v) is 9.90.